The Morgan fingerprint density at radius 2 is 1.88 bits per heavy atom. The first-order valence-electron chi connectivity index (χ1n) is 7.42. The zero-order valence-corrected chi connectivity index (χ0v) is 14.0. The Bertz CT molecular complexity index is 740. The van der Waals surface area contributed by atoms with Crippen molar-refractivity contribution >= 4 is 17.6 Å². The van der Waals surface area contributed by atoms with E-state index in [4.69, 9.17) is 15.2 Å². The molecule has 2 aromatic rings. The molecule has 0 bridgehead atoms. The monoisotopic (exact) mass is 327 g/mol. The molecule has 24 heavy (non-hydrogen) atoms. The van der Waals surface area contributed by atoms with E-state index in [0.29, 0.717) is 23.8 Å². The van der Waals surface area contributed by atoms with Gasteiger partial charge in [0.2, 0.25) is 0 Å². The molecule has 0 spiro atoms. The minimum atomic E-state index is -0.455. The van der Waals surface area contributed by atoms with Gasteiger partial charge in [-0.1, -0.05) is 23.8 Å². The molecular formula is C18H21N3O3. The van der Waals surface area contributed by atoms with Crippen molar-refractivity contribution in [2.45, 2.75) is 13.5 Å². The number of aliphatic imine (C=N–C) groups is 1. The number of carbonyl (C=O) groups excluding carboxylic acids is 1. The van der Waals surface area contributed by atoms with Gasteiger partial charge in [0.1, 0.15) is 11.3 Å². The molecule has 0 unspecified atom stereocenters. The highest BCUT2D eigenvalue weighted by atomic mass is 16.5. The van der Waals surface area contributed by atoms with Gasteiger partial charge in [0.15, 0.2) is 5.96 Å². The number of aryl methyl sites for hydroxylation is 1. The molecule has 2 rings (SSSR count). The summed E-state index contributed by atoms with van der Waals surface area (Å²) in [4.78, 5) is 16.1. The van der Waals surface area contributed by atoms with Crippen LogP contribution in [0.4, 0.5) is 5.69 Å². The van der Waals surface area contributed by atoms with Crippen LogP contribution in [-0.4, -0.2) is 26.1 Å². The fourth-order valence-corrected chi connectivity index (χ4v) is 2.12. The summed E-state index contributed by atoms with van der Waals surface area (Å²) < 4.78 is 9.92. The van der Waals surface area contributed by atoms with Gasteiger partial charge in [-0.15, -0.1) is 0 Å². The van der Waals surface area contributed by atoms with Crippen LogP contribution in [0.15, 0.2) is 47.5 Å². The molecule has 126 valence electrons. The van der Waals surface area contributed by atoms with Crippen molar-refractivity contribution in [1.82, 2.24) is 0 Å². The quantitative estimate of drug-likeness (QED) is 0.501. The van der Waals surface area contributed by atoms with Crippen molar-refractivity contribution in [2.75, 3.05) is 19.5 Å². The third-order valence-electron chi connectivity index (χ3n) is 3.43. The fraction of sp³-hybridized carbons (Fsp3) is 0.222. The van der Waals surface area contributed by atoms with Gasteiger partial charge in [0.05, 0.1) is 20.8 Å². The van der Waals surface area contributed by atoms with Crippen LogP contribution in [0.5, 0.6) is 5.75 Å². The lowest BCUT2D eigenvalue weighted by Gasteiger charge is -2.09. The number of methoxy groups -OCH3 is 2. The normalized spacial score (nSPS) is 11.0. The summed E-state index contributed by atoms with van der Waals surface area (Å²) in [6.07, 6.45) is 0. The number of ether oxygens (including phenoxy) is 2. The molecule has 0 aliphatic rings. The minimum absolute atomic E-state index is 0.300. The SMILES string of the molecule is COC(=O)c1cc(CN=C(N)Nc2ccc(C)cc2)ccc1OC. The second kappa shape index (κ2) is 8.01. The fourth-order valence-electron chi connectivity index (χ4n) is 2.12. The molecule has 0 heterocycles. The van der Waals surface area contributed by atoms with Gasteiger partial charge in [0.25, 0.3) is 0 Å². The second-order valence-corrected chi connectivity index (χ2v) is 5.22. The Balaban J connectivity index is 2.09. The third kappa shape index (κ3) is 4.49. The van der Waals surface area contributed by atoms with Crippen LogP contribution in [0.1, 0.15) is 21.5 Å². The zero-order chi connectivity index (χ0) is 17.5. The van der Waals surface area contributed by atoms with Crippen LogP contribution in [-0.2, 0) is 11.3 Å². The standard InChI is InChI=1S/C18H21N3O3/c1-12-4-7-14(8-5-12)21-18(19)20-11-13-6-9-16(23-2)15(10-13)17(22)24-3/h4-10H,11H2,1-3H3,(H3,19,20,21). The van der Waals surface area contributed by atoms with Gasteiger partial charge in [-0.25, -0.2) is 9.79 Å². The van der Waals surface area contributed by atoms with Gasteiger partial charge in [0, 0.05) is 5.69 Å². The molecule has 0 saturated heterocycles. The Labute approximate surface area is 141 Å². The van der Waals surface area contributed by atoms with Crippen LogP contribution >= 0.6 is 0 Å². The number of nitrogens with one attached hydrogen (secondary N) is 1. The number of rotatable bonds is 5. The molecule has 2 aromatic carbocycles. The Morgan fingerprint density at radius 1 is 1.17 bits per heavy atom. The molecule has 0 aliphatic carbocycles. The highest BCUT2D eigenvalue weighted by Gasteiger charge is 2.13. The molecule has 0 atom stereocenters. The van der Waals surface area contributed by atoms with Crippen molar-refractivity contribution in [1.29, 1.82) is 0 Å². The molecular weight excluding hydrogens is 306 g/mol. The van der Waals surface area contributed by atoms with Crippen LogP contribution in [0.25, 0.3) is 0 Å². The molecule has 0 fully saturated rings. The lowest BCUT2D eigenvalue weighted by molar-refractivity contribution is 0.0597. The number of esters is 1. The van der Waals surface area contributed by atoms with E-state index in [2.05, 4.69) is 10.3 Å². The molecule has 3 N–H and O–H groups in total. The number of guanidine groups is 1. The van der Waals surface area contributed by atoms with Crippen LogP contribution < -0.4 is 15.8 Å². The van der Waals surface area contributed by atoms with Crippen molar-refractivity contribution in [2.24, 2.45) is 10.7 Å². The summed E-state index contributed by atoms with van der Waals surface area (Å²) in [5, 5.41) is 3.02. The first-order chi connectivity index (χ1) is 11.5. The number of hydrogen-bond donors (Lipinski definition) is 2. The Morgan fingerprint density at radius 3 is 2.50 bits per heavy atom. The van der Waals surface area contributed by atoms with Gasteiger partial charge in [-0.05, 0) is 36.8 Å². The summed E-state index contributed by atoms with van der Waals surface area (Å²) in [5.41, 5.74) is 9.12. The van der Waals surface area contributed by atoms with Gasteiger partial charge < -0.3 is 20.5 Å². The predicted molar refractivity (Wildman–Crippen MR) is 94.5 cm³/mol. The van der Waals surface area contributed by atoms with Crippen molar-refractivity contribution < 1.29 is 14.3 Å². The smallest absolute Gasteiger partial charge is 0.341 e. The van der Waals surface area contributed by atoms with Crippen LogP contribution in [0.3, 0.4) is 0 Å². The summed E-state index contributed by atoms with van der Waals surface area (Å²) in [6, 6.07) is 13.1. The van der Waals surface area contributed by atoms with Gasteiger partial charge >= 0.3 is 5.97 Å². The van der Waals surface area contributed by atoms with Gasteiger partial charge in [-0.2, -0.15) is 0 Å². The first kappa shape index (κ1) is 17.3. The second-order valence-electron chi connectivity index (χ2n) is 5.22. The molecule has 0 amide bonds. The maximum atomic E-state index is 11.8. The maximum Gasteiger partial charge on any atom is 0.341 e. The largest absolute Gasteiger partial charge is 0.496 e. The molecule has 0 radical (unpaired) electrons. The maximum absolute atomic E-state index is 11.8. The van der Waals surface area contributed by atoms with E-state index >= 15 is 0 Å². The first-order valence-corrected chi connectivity index (χ1v) is 7.42. The molecule has 0 saturated carbocycles. The highest BCUT2D eigenvalue weighted by molar-refractivity contribution is 5.93. The molecule has 0 aromatic heterocycles. The number of carbonyl (C=O) groups is 1. The van der Waals surface area contributed by atoms with E-state index in [-0.39, 0.29) is 0 Å². The summed E-state index contributed by atoms with van der Waals surface area (Å²) in [6.45, 7) is 2.35. The topological polar surface area (TPSA) is 85.9 Å². The number of nitrogens with zero attached hydrogens (tertiary/aromatic N) is 1. The summed E-state index contributed by atoms with van der Waals surface area (Å²) in [7, 11) is 2.83. The van der Waals surface area contributed by atoms with E-state index in [0.717, 1.165) is 11.3 Å². The van der Waals surface area contributed by atoms with Crippen molar-refractivity contribution in [3.05, 3.63) is 59.2 Å². The number of hydrogen-bond acceptors (Lipinski definition) is 4. The van der Waals surface area contributed by atoms with E-state index < -0.39 is 5.97 Å². The van der Waals surface area contributed by atoms with E-state index in [1.807, 2.05) is 37.3 Å². The lowest BCUT2D eigenvalue weighted by atomic mass is 10.1. The van der Waals surface area contributed by atoms with E-state index in [1.165, 1.54) is 19.8 Å². The number of anilines is 1. The Kier molecular flexibility index (Phi) is 5.78. The van der Waals surface area contributed by atoms with Crippen LogP contribution in [0.2, 0.25) is 0 Å². The Hall–Kier alpha value is -3.02. The minimum Gasteiger partial charge on any atom is -0.496 e. The van der Waals surface area contributed by atoms with E-state index in [9.17, 15) is 4.79 Å². The number of nitrogens with two attached hydrogens (primary N) is 1. The predicted octanol–water partition coefficient (Wildman–Crippen LogP) is 2.72. The molecule has 0 aliphatic heterocycles. The third-order valence-corrected chi connectivity index (χ3v) is 3.43. The molecule has 6 nitrogen and oxygen atoms in total. The van der Waals surface area contributed by atoms with Crippen LogP contribution in [0, 0.1) is 6.92 Å². The van der Waals surface area contributed by atoms with Crippen molar-refractivity contribution in [3.63, 3.8) is 0 Å². The average Bonchev–Trinajstić information content (AvgIpc) is 2.61. The van der Waals surface area contributed by atoms with Crippen molar-refractivity contribution in [3.8, 4) is 5.75 Å². The number of benzene rings is 2. The highest BCUT2D eigenvalue weighted by Crippen LogP contribution is 2.21. The lowest BCUT2D eigenvalue weighted by Crippen LogP contribution is -2.22. The zero-order valence-electron chi connectivity index (χ0n) is 14.0. The molecule has 6 heteroatoms. The average molecular weight is 327 g/mol. The summed E-state index contributed by atoms with van der Waals surface area (Å²) >= 11 is 0. The summed E-state index contributed by atoms with van der Waals surface area (Å²) in [5.74, 6) is 0.304. The van der Waals surface area contributed by atoms with Gasteiger partial charge in [-0.3, -0.25) is 0 Å². The van der Waals surface area contributed by atoms with E-state index in [1.54, 1.807) is 12.1 Å².